The Balaban J connectivity index is 1.84. The first kappa shape index (κ1) is 14.8. The van der Waals surface area contributed by atoms with Gasteiger partial charge in [0.1, 0.15) is 0 Å². The van der Waals surface area contributed by atoms with Gasteiger partial charge in [-0.1, -0.05) is 6.07 Å². The Bertz CT molecular complexity index is 467. The lowest BCUT2D eigenvalue weighted by Crippen LogP contribution is -2.45. The second-order valence-corrected chi connectivity index (χ2v) is 5.85. The number of nitrogens with one attached hydrogen (secondary N) is 1. The van der Waals surface area contributed by atoms with Crippen LogP contribution in [0.5, 0.6) is 0 Å². The number of anilines is 1. The van der Waals surface area contributed by atoms with Gasteiger partial charge in [0.05, 0.1) is 13.2 Å². The summed E-state index contributed by atoms with van der Waals surface area (Å²) >= 11 is 0. The van der Waals surface area contributed by atoms with Crippen LogP contribution in [-0.4, -0.2) is 50.8 Å². The first-order valence-corrected chi connectivity index (χ1v) is 8.23. The number of hydrogen-bond acceptors (Lipinski definition) is 4. The molecule has 0 radical (unpaired) electrons. The first-order chi connectivity index (χ1) is 10.3. The molecule has 1 fully saturated rings. The molecule has 0 aromatic heterocycles. The summed E-state index contributed by atoms with van der Waals surface area (Å²) in [4.78, 5) is 4.98. The molecule has 21 heavy (non-hydrogen) atoms. The third kappa shape index (κ3) is 3.07. The number of ether oxygens (including phenoxy) is 1. The summed E-state index contributed by atoms with van der Waals surface area (Å²) in [6.45, 7) is 12.4. The van der Waals surface area contributed by atoms with Crippen LogP contribution in [0.1, 0.15) is 31.0 Å². The maximum atomic E-state index is 5.49. The van der Waals surface area contributed by atoms with E-state index < -0.39 is 0 Å². The zero-order valence-electron chi connectivity index (χ0n) is 13.3. The normalized spacial score (nSPS) is 22.9. The number of fused-ring (bicyclic) bond motifs is 1. The van der Waals surface area contributed by atoms with E-state index in [2.05, 4.69) is 47.2 Å². The summed E-state index contributed by atoms with van der Waals surface area (Å²) in [5.74, 6) is 0. The van der Waals surface area contributed by atoms with Crippen molar-refractivity contribution in [2.75, 3.05) is 50.8 Å². The zero-order chi connectivity index (χ0) is 14.7. The molecule has 1 N–H and O–H groups in total. The Morgan fingerprint density at radius 3 is 2.71 bits per heavy atom. The maximum Gasteiger partial charge on any atom is 0.0594 e. The van der Waals surface area contributed by atoms with Crippen LogP contribution >= 0.6 is 0 Å². The van der Waals surface area contributed by atoms with Crippen LogP contribution < -0.4 is 10.2 Å². The third-order valence-corrected chi connectivity index (χ3v) is 4.75. The predicted molar refractivity (Wildman–Crippen MR) is 86.8 cm³/mol. The fourth-order valence-electron chi connectivity index (χ4n) is 3.52. The molecular formula is C17H27N3O. The van der Waals surface area contributed by atoms with Crippen LogP contribution in [0.4, 0.5) is 5.69 Å². The van der Waals surface area contributed by atoms with Gasteiger partial charge in [-0.3, -0.25) is 4.90 Å². The van der Waals surface area contributed by atoms with Crippen LogP contribution in [0.15, 0.2) is 18.2 Å². The van der Waals surface area contributed by atoms with Gasteiger partial charge >= 0.3 is 0 Å². The second-order valence-electron chi connectivity index (χ2n) is 5.85. The monoisotopic (exact) mass is 289 g/mol. The summed E-state index contributed by atoms with van der Waals surface area (Å²) in [6, 6.07) is 7.53. The van der Waals surface area contributed by atoms with Gasteiger partial charge < -0.3 is 15.0 Å². The smallest absolute Gasteiger partial charge is 0.0594 e. The molecule has 3 rings (SSSR count). The van der Waals surface area contributed by atoms with E-state index in [4.69, 9.17) is 4.74 Å². The van der Waals surface area contributed by atoms with E-state index >= 15 is 0 Å². The lowest BCUT2D eigenvalue weighted by atomic mass is 9.94. The molecular weight excluding hydrogens is 262 g/mol. The van der Waals surface area contributed by atoms with Crippen molar-refractivity contribution in [3.63, 3.8) is 0 Å². The van der Waals surface area contributed by atoms with E-state index in [9.17, 15) is 0 Å². The Morgan fingerprint density at radius 2 is 2.00 bits per heavy atom. The molecule has 0 unspecified atom stereocenters. The third-order valence-electron chi connectivity index (χ3n) is 4.75. The molecule has 0 spiro atoms. The Kier molecular flexibility index (Phi) is 4.78. The average Bonchev–Trinajstić information content (AvgIpc) is 2.56. The predicted octanol–water partition coefficient (Wildman–Crippen LogP) is 2.01. The molecule has 1 saturated heterocycles. The molecule has 0 aliphatic carbocycles. The van der Waals surface area contributed by atoms with Gasteiger partial charge in [0.25, 0.3) is 0 Å². The largest absolute Gasteiger partial charge is 0.379 e. The minimum Gasteiger partial charge on any atom is -0.379 e. The van der Waals surface area contributed by atoms with E-state index in [-0.39, 0.29) is 0 Å². The van der Waals surface area contributed by atoms with Crippen molar-refractivity contribution >= 4 is 5.69 Å². The molecule has 4 nitrogen and oxygen atoms in total. The Hall–Kier alpha value is -1.10. The lowest BCUT2D eigenvalue weighted by Gasteiger charge is -2.38. The average molecular weight is 289 g/mol. The molecule has 2 heterocycles. The first-order valence-electron chi connectivity index (χ1n) is 8.23. The van der Waals surface area contributed by atoms with E-state index in [1.54, 1.807) is 0 Å². The van der Waals surface area contributed by atoms with Crippen molar-refractivity contribution in [2.24, 2.45) is 0 Å². The van der Waals surface area contributed by atoms with E-state index in [1.807, 2.05) is 0 Å². The van der Waals surface area contributed by atoms with Crippen molar-refractivity contribution in [1.82, 2.24) is 10.2 Å². The highest BCUT2D eigenvalue weighted by Crippen LogP contribution is 2.30. The van der Waals surface area contributed by atoms with Gasteiger partial charge in [-0.05, 0) is 37.1 Å². The van der Waals surface area contributed by atoms with Gasteiger partial charge in [0.2, 0.25) is 0 Å². The minimum absolute atomic E-state index is 0.503. The standard InChI is InChI=1S/C17H27N3O/c1-3-19(4-2)15-5-6-16-14(11-15)12-18-13-17(16)20-7-9-21-10-8-20/h5-6,11,17-18H,3-4,7-10,12-13H2,1-2H3/t17-/m0/s1. The summed E-state index contributed by atoms with van der Waals surface area (Å²) in [5, 5.41) is 3.59. The fraction of sp³-hybridized carbons (Fsp3) is 0.647. The van der Waals surface area contributed by atoms with Gasteiger partial charge in [-0.2, -0.15) is 0 Å². The molecule has 116 valence electrons. The van der Waals surface area contributed by atoms with Crippen molar-refractivity contribution in [3.8, 4) is 0 Å². The SMILES string of the molecule is CCN(CC)c1ccc2c(c1)CNC[C@@H]2N1CCOCC1. The van der Waals surface area contributed by atoms with Gasteiger partial charge in [0, 0.05) is 51.0 Å². The molecule has 2 aliphatic rings. The van der Waals surface area contributed by atoms with Crippen LogP contribution in [0.2, 0.25) is 0 Å². The van der Waals surface area contributed by atoms with Crippen molar-refractivity contribution in [1.29, 1.82) is 0 Å². The van der Waals surface area contributed by atoms with Gasteiger partial charge in [0.15, 0.2) is 0 Å². The van der Waals surface area contributed by atoms with Crippen LogP contribution in [-0.2, 0) is 11.3 Å². The number of rotatable bonds is 4. The number of morpholine rings is 1. The number of hydrogen-bond donors (Lipinski definition) is 1. The molecule has 0 saturated carbocycles. The molecule has 1 aromatic carbocycles. The van der Waals surface area contributed by atoms with Crippen LogP contribution in [0, 0.1) is 0 Å². The lowest BCUT2D eigenvalue weighted by molar-refractivity contribution is 0.0146. The van der Waals surface area contributed by atoms with Crippen LogP contribution in [0.25, 0.3) is 0 Å². The quantitative estimate of drug-likeness (QED) is 0.917. The van der Waals surface area contributed by atoms with Crippen molar-refractivity contribution < 1.29 is 4.74 Å². The Morgan fingerprint density at radius 1 is 1.24 bits per heavy atom. The highest BCUT2D eigenvalue weighted by Gasteiger charge is 2.27. The molecule has 2 aliphatic heterocycles. The molecule has 1 atom stereocenters. The van der Waals surface area contributed by atoms with Crippen molar-refractivity contribution in [3.05, 3.63) is 29.3 Å². The number of nitrogens with zero attached hydrogens (tertiary/aromatic N) is 2. The second kappa shape index (κ2) is 6.77. The van der Waals surface area contributed by atoms with Crippen molar-refractivity contribution in [2.45, 2.75) is 26.4 Å². The molecule has 4 heteroatoms. The summed E-state index contributed by atoms with van der Waals surface area (Å²) in [7, 11) is 0. The summed E-state index contributed by atoms with van der Waals surface area (Å²) < 4.78 is 5.49. The Labute approximate surface area is 128 Å². The zero-order valence-corrected chi connectivity index (χ0v) is 13.3. The molecule has 0 amide bonds. The summed E-state index contributed by atoms with van der Waals surface area (Å²) in [5.41, 5.74) is 4.32. The van der Waals surface area contributed by atoms with E-state index in [0.29, 0.717) is 6.04 Å². The minimum atomic E-state index is 0.503. The van der Waals surface area contributed by atoms with Crippen LogP contribution in [0.3, 0.4) is 0 Å². The summed E-state index contributed by atoms with van der Waals surface area (Å²) in [6.07, 6.45) is 0. The van der Waals surface area contributed by atoms with E-state index in [1.165, 1.54) is 16.8 Å². The molecule has 1 aromatic rings. The highest BCUT2D eigenvalue weighted by atomic mass is 16.5. The van der Waals surface area contributed by atoms with E-state index in [0.717, 1.165) is 52.5 Å². The topological polar surface area (TPSA) is 27.7 Å². The molecule has 0 bridgehead atoms. The highest BCUT2D eigenvalue weighted by molar-refractivity contribution is 5.52. The fourth-order valence-corrected chi connectivity index (χ4v) is 3.52. The maximum absolute atomic E-state index is 5.49. The van der Waals surface area contributed by atoms with Gasteiger partial charge in [-0.25, -0.2) is 0 Å². The van der Waals surface area contributed by atoms with Gasteiger partial charge in [-0.15, -0.1) is 0 Å². The number of benzene rings is 1.